The lowest BCUT2D eigenvalue weighted by Gasteiger charge is -2.17. The maximum absolute atomic E-state index is 10.5. The fourth-order valence-electron chi connectivity index (χ4n) is 3.46. The molecule has 0 saturated heterocycles. The molecule has 1 aromatic heterocycles. The second-order valence-corrected chi connectivity index (χ2v) is 6.92. The Kier molecular flexibility index (Phi) is 5.76. The van der Waals surface area contributed by atoms with Crippen LogP contribution in [0.5, 0.6) is 11.5 Å². The highest BCUT2D eigenvalue weighted by Gasteiger charge is 2.18. The minimum absolute atomic E-state index is 0.0542. The second-order valence-electron chi connectivity index (χ2n) is 6.92. The Labute approximate surface area is 154 Å². The van der Waals surface area contributed by atoms with Crippen LogP contribution in [0, 0.1) is 5.92 Å². The zero-order chi connectivity index (χ0) is 18.5. The molecule has 0 fully saturated rings. The maximum Gasteiger partial charge on any atom is 0.185 e. The number of hydrogen-bond donors (Lipinski definition) is 2. The van der Waals surface area contributed by atoms with Gasteiger partial charge < -0.3 is 10.2 Å². The molecule has 3 aromatic rings. The zero-order valence-electron chi connectivity index (χ0n) is 15.5. The van der Waals surface area contributed by atoms with Crippen LogP contribution in [0.2, 0.25) is 0 Å². The van der Waals surface area contributed by atoms with Gasteiger partial charge in [-0.05, 0) is 36.1 Å². The van der Waals surface area contributed by atoms with Crippen molar-refractivity contribution >= 4 is 11.0 Å². The largest absolute Gasteiger partial charge is 0.504 e. The Morgan fingerprint density at radius 1 is 0.885 bits per heavy atom. The van der Waals surface area contributed by atoms with Crippen molar-refractivity contribution in [3.8, 4) is 17.2 Å². The van der Waals surface area contributed by atoms with Gasteiger partial charge in [-0.2, -0.15) is 0 Å². The molecule has 0 bridgehead atoms. The molecule has 1 unspecified atom stereocenters. The normalized spacial score (nSPS) is 12.5. The van der Waals surface area contributed by atoms with Crippen LogP contribution in [0.3, 0.4) is 0 Å². The van der Waals surface area contributed by atoms with Gasteiger partial charge in [0.1, 0.15) is 16.7 Å². The first-order valence-corrected chi connectivity index (χ1v) is 9.50. The number of hydrogen-bond acceptors (Lipinski definition) is 4. The Balaban J connectivity index is 1.88. The van der Waals surface area contributed by atoms with E-state index in [0.29, 0.717) is 11.6 Å². The van der Waals surface area contributed by atoms with E-state index in [1.807, 2.05) is 30.3 Å². The van der Waals surface area contributed by atoms with Crippen LogP contribution < -0.4 is 0 Å². The van der Waals surface area contributed by atoms with Gasteiger partial charge in [-0.15, -0.1) is 15.0 Å². The summed E-state index contributed by atoms with van der Waals surface area (Å²) in [6.45, 7) is 4.38. The number of phenols is 2. The number of fused-ring (bicyclic) bond motifs is 1. The standard InChI is InChI=1S/C21H27N3O2/c1-3-5-9-15(8-4-2)14-16-12-13-19(21(26)20(16)25)24-22-17-10-6-7-11-18(17)23-24/h6-7,10-13,15,25-26H,3-5,8-9,14H2,1-2H3. The van der Waals surface area contributed by atoms with Gasteiger partial charge in [0.2, 0.25) is 0 Å². The van der Waals surface area contributed by atoms with Gasteiger partial charge in [0.05, 0.1) is 0 Å². The van der Waals surface area contributed by atoms with Crippen LogP contribution in [-0.4, -0.2) is 25.2 Å². The summed E-state index contributed by atoms with van der Waals surface area (Å²) in [7, 11) is 0. The van der Waals surface area contributed by atoms with Crippen molar-refractivity contribution in [2.75, 3.05) is 0 Å². The summed E-state index contributed by atoms with van der Waals surface area (Å²) in [6.07, 6.45) is 6.56. The van der Waals surface area contributed by atoms with E-state index in [1.165, 1.54) is 17.6 Å². The van der Waals surface area contributed by atoms with Crippen molar-refractivity contribution in [3.63, 3.8) is 0 Å². The molecule has 0 spiro atoms. The quantitative estimate of drug-likeness (QED) is 0.560. The van der Waals surface area contributed by atoms with Crippen molar-refractivity contribution in [1.82, 2.24) is 15.0 Å². The smallest absolute Gasteiger partial charge is 0.185 e. The minimum atomic E-state index is -0.159. The summed E-state index contributed by atoms with van der Waals surface area (Å²) in [4.78, 5) is 1.38. The molecule has 3 rings (SSSR count). The Hall–Kier alpha value is -2.56. The molecule has 2 N–H and O–H groups in total. The summed E-state index contributed by atoms with van der Waals surface area (Å²) in [6, 6.07) is 11.2. The molecule has 5 nitrogen and oxygen atoms in total. The lowest BCUT2D eigenvalue weighted by Crippen LogP contribution is -2.06. The predicted octanol–water partition coefficient (Wildman–Crippen LogP) is 4.98. The average Bonchev–Trinajstić information content (AvgIpc) is 3.07. The molecule has 5 heteroatoms. The van der Waals surface area contributed by atoms with Crippen molar-refractivity contribution in [2.45, 2.75) is 52.4 Å². The van der Waals surface area contributed by atoms with E-state index in [9.17, 15) is 10.2 Å². The number of benzene rings is 2. The van der Waals surface area contributed by atoms with Gasteiger partial charge in [-0.25, -0.2) is 0 Å². The van der Waals surface area contributed by atoms with E-state index in [2.05, 4.69) is 24.0 Å². The summed E-state index contributed by atoms with van der Waals surface area (Å²) < 4.78 is 0. The van der Waals surface area contributed by atoms with Crippen molar-refractivity contribution in [1.29, 1.82) is 0 Å². The molecule has 0 saturated carbocycles. The molecule has 26 heavy (non-hydrogen) atoms. The van der Waals surface area contributed by atoms with E-state index in [4.69, 9.17) is 0 Å². The van der Waals surface area contributed by atoms with E-state index < -0.39 is 0 Å². The van der Waals surface area contributed by atoms with E-state index in [1.54, 1.807) is 6.07 Å². The first-order valence-electron chi connectivity index (χ1n) is 9.50. The van der Waals surface area contributed by atoms with Crippen LogP contribution in [0.15, 0.2) is 36.4 Å². The molecule has 0 aliphatic heterocycles. The van der Waals surface area contributed by atoms with Gasteiger partial charge in [0.15, 0.2) is 11.5 Å². The second kappa shape index (κ2) is 8.21. The number of phenolic OH excluding ortho intramolecular Hbond substituents is 2. The third kappa shape index (κ3) is 3.82. The molecule has 138 valence electrons. The van der Waals surface area contributed by atoms with Gasteiger partial charge in [-0.1, -0.05) is 64.2 Å². The van der Waals surface area contributed by atoms with Gasteiger partial charge in [0.25, 0.3) is 0 Å². The summed E-state index contributed by atoms with van der Waals surface area (Å²) >= 11 is 0. The lowest BCUT2D eigenvalue weighted by atomic mass is 9.90. The Morgan fingerprint density at radius 3 is 2.19 bits per heavy atom. The number of aromatic nitrogens is 3. The van der Waals surface area contributed by atoms with Gasteiger partial charge in [-0.3, -0.25) is 0 Å². The SMILES string of the molecule is CCCCC(CCC)Cc1ccc(-n2nc3ccccc3n2)c(O)c1O. The zero-order valence-corrected chi connectivity index (χ0v) is 15.5. The van der Waals surface area contributed by atoms with Crippen LogP contribution >= 0.6 is 0 Å². The predicted molar refractivity (Wildman–Crippen MR) is 104 cm³/mol. The van der Waals surface area contributed by atoms with Crippen LogP contribution in [0.1, 0.15) is 51.5 Å². The number of aromatic hydroxyl groups is 2. The maximum atomic E-state index is 10.5. The molecule has 1 atom stereocenters. The van der Waals surface area contributed by atoms with Crippen LogP contribution in [-0.2, 0) is 6.42 Å². The number of rotatable bonds is 8. The van der Waals surface area contributed by atoms with Crippen LogP contribution in [0.4, 0.5) is 0 Å². The molecule has 2 aromatic carbocycles. The molecule has 0 radical (unpaired) electrons. The summed E-state index contributed by atoms with van der Waals surface area (Å²) in [5.41, 5.74) is 2.68. The lowest BCUT2D eigenvalue weighted by molar-refractivity contribution is 0.382. The van der Waals surface area contributed by atoms with Gasteiger partial charge in [0, 0.05) is 0 Å². The third-order valence-electron chi connectivity index (χ3n) is 4.89. The highest BCUT2D eigenvalue weighted by atomic mass is 16.3. The summed E-state index contributed by atoms with van der Waals surface area (Å²) in [5.74, 6) is 0.316. The topological polar surface area (TPSA) is 71.2 Å². The van der Waals surface area contributed by atoms with Crippen molar-refractivity contribution in [3.05, 3.63) is 42.0 Å². The number of unbranched alkanes of at least 4 members (excludes halogenated alkanes) is 1. The van der Waals surface area contributed by atoms with Crippen LogP contribution in [0.25, 0.3) is 16.7 Å². The monoisotopic (exact) mass is 353 g/mol. The van der Waals surface area contributed by atoms with E-state index >= 15 is 0 Å². The molecule has 0 aliphatic carbocycles. The molecule has 0 aliphatic rings. The average molecular weight is 353 g/mol. The van der Waals surface area contributed by atoms with Crippen molar-refractivity contribution < 1.29 is 10.2 Å². The number of nitrogens with zero attached hydrogens (tertiary/aromatic N) is 3. The van der Waals surface area contributed by atoms with Gasteiger partial charge >= 0.3 is 0 Å². The van der Waals surface area contributed by atoms with E-state index in [-0.39, 0.29) is 11.5 Å². The molecule has 0 amide bonds. The molecular weight excluding hydrogens is 326 g/mol. The minimum Gasteiger partial charge on any atom is -0.504 e. The first kappa shape index (κ1) is 18.2. The fourth-order valence-corrected chi connectivity index (χ4v) is 3.46. The van der Waals surface area contributed by atoms with Crippen molar-refractivity contribution in [2.24, 2.45) is 5.92 Å². The highest BCUT2D eigenvalue weighted by molar-refractivity contribution is 5.73. The Morgan fingerprint density at radius 2 is 1.58 bits per heavy atom. The fraction of sp³-hybridized carbons (Fsp3) is 0.429. The third-order valence-corrected chi connectivity index (χ3v) is 4.89. The Bertz CT molecular complexity index is 840. The first-order chi connectivity index (χ1) is 12.6. The summed E-state index contributed by atoms with van der Waals surface area (Å²) in [5, 5.41) is 29.8. The molecular formula is C21H27N3O2. The molecule has 1 heterocycles. The van der Waals surface area contributed by atoms with E-state index in [0.717, 1.165) is 42.3 Å². The highest BCUT2D eigenvalue weighted by Crippen LogP contribution is 2.37.